The molecule has 194 valence electrons. The number of aromatic nitrogens is 2. The third-order valence-electron chi connectivity index (χ3n) is 7.33. The number of ether oxygens (including phenoxy) is 1. The van der Waals surface area contributed by atoms with Gasteiger partial charge in [-0.05, 0) is 49.7 Å². The second kappa shape index (κ2) is 11.0. The largest absolute Gasteiger partial charge is 0.495 e. The molecular formula is C28H35N7O2. The van der Waals surface area contributed by atoms with Crippen molar-refractivity contribution in [1.82, 2.24) is 14.9 Å². The van der Waals surface area contributed by atoms with Crippen molar-refractivity contribution in [2.75, 3.05) is 61.5 Å². The predicted molar refractivity (Wildman–Crippen MR) is 148 cm³/mol. The van der Waals surface area contributed by atoms with Crippen LogP contribution in [0, 0.1) is 0 Å². The Morgan fingerprint density at radius 3 is 2.57 bits per heavy atom. The Morgan fingerprint density at radius 1 is 1.08 bits per heavy atom. The summed E-state index contributed by atoms with van der Waals surface area (Å²) < 4.78 is 5.73. The standard InChI is InChI=1S/C28H35N7O2/c1-3-33-15-17-34(18-16-33)24-11-8-21(19-26(24)37-2)31-28-30-13-12-23(32-28)20-6-9-22(10-7-20)35-14-4-5-25(35)27(29)36/h6-13,19,25H,3-5,14-18H2,1-2H3,(H2,29,36)(H,30,31,32)/t25-/m1/s1. The topological polar surface area (TPSA) is 99.8 Å². The van der Waals surface area contributed by atoms with Gasteiger partial charge in [-0.1, -0.05) is 19.1 Å². The van der Waals surface area contributed by atoms with Crippen molar-refractivity contribution in [3.63, 3.8) is 0 Å². The number of amides is 1. The van der Waals surface area contributed by atoms with Crippen molar-refractivity contribution in [1.29, 1.82) is 0 Å². The number of nitrogens with one attached hydrogen (secondary N) is 1. The molecule has 1 aromatic heterocycles. The van der Waals surface area contributed by atoms with E-state index in [2.05, 4.69) is 38.0 Å². The van der Waals surface area contributed by atoms with Gasteiger partial charge in [-0.2, -0.15) is 0 Å². The zero-order valence-electron chi connectivity index (χ0n) is 21.6. The molecule has 9 heteroatoms. The summed E-state index contributed by atoms with van der Waals surface area (Å²) in [5.41, 5.74) is 10.3. The number of primary amides is 1. The lowest BCUT2D eigenvalue weighted by atomic mass is 10.1. The van der Waals surface area contributed by atoms with Gasteiger partial charge in [0.1, 0.15) is 11.8 Å². The highest BCUT2D eigenvalue weighted by atomic mass is 16.5. The number of carbonyl (C=O) groups is 1. The Morgan fingerprint density at radius 2 is 1.86 bits per heavy atom. The lowest BCUT2D eigenvalue weighted by molar-refractivity contribution is -0.119. The molecule has 2 fully saturated rings. The molecule has 2 aromatic carbocycles. The molecular weight excluding hydrogens is 466 g/mol. The summed E-state index contributed by atoms with van der Waals surface area (Å²) in [6.07, 6.45) is 3.53. The maximum Gasteiger partial charge on any atom is 0.240 e. The van der Waals surface area contributed by atoms with E-state index in [1.54, 1.807) is 13.3 Å². The molecule has 2 aliphatic heterocycles. The summed E-state index contributed by atoms with van der Waals surface area (Å²) in [5.74, 6) is 1.08. The van der Waals surface area contributed by atoms with E-state index >= 15 is 0 Å². The average Bonchev–Trinajstić information content (AvgIpc) is 3.44. The molecule has 5 rings (SSSR count). The van der Waals surface area contributed by atoms with Gasteiger partial charge in [-0.25, -0.2) is 9.97 Å². The third-order valence-corrected chi connectivity index (χ3v) is 7.33. The van der Waals surface area contributed by atoms with Crippen LogP contribution in [0.25, 0.3) is 11.3 Å². The quantitative estimate of drug-likeness (QED) is 0.484. The van der Waals surface area contributed by atoms with Gasteiger partial charge in [-0.15, -0.1) is 0 Å². The number of piperazine rings is 1. The monoisotopic (exact) mass is 501 g/mol. The number of anilines is 4. The van der Waals surface area contributed by atoms with E-state index in [1.807, 2.05) is 42.5 Å². The van der Waals surface area contributed by atoms with E-state index in [0.717, 1.165) is 86.2 Å². The van der Waals surface area contributed by atoms with E-state index in [0.29, 0.717) is 5.95 Å². The van der Waals surface area contributed by atoms with Crippen LogP contribution in [-0.2, 0) is 4.79 Å². The van der Waals surface area contributed by atoms with Crippen LogP contribution in [0.2, 0.25) is 0 Å². The van der Waals surface area contributed by atoms with Gasteiger partial charge in [0.05, 0.1) is 18.5 Å². The molecule has 9 nitrogen and oxygen atoms in total. The molecule has 2 aliphatic rings. The number of methoxy groups -OCH3 is 1. The fraction of sp³-hybridized carbons (Fsp3) is 0.393. The highest BCUT2D eigenvalue weighted by Gasteiger charge is 2.29. The first kappa shape index (κ1) is 24.8. The van der Waals surface area contributed by atoms with Crippen LogP contribution in [0.15, 0.2) is 54.7 Å². The van der Waals surface area contributed by atoms with Crippen LogP contribution in [0.3, 0.4) is 0 Å². The molecule has 0 unspecified atom stereocenters. The van der Waals surface area contributed by atoms with Crippen LogP contribution in [0.4, 0.5) is 23.0 Å². The van der Waals surface area contributed by atoms with Crippen molar-refractivity contribution >= 4 is 28.9 Å². The second-order valence-corrected chi connectivity index (χ2v) is 9.50. The average molecular weight is 502 g/mol. The summed E-state index contributed by atoms with van der Waals surface area (Å²) in [4.78, 5) is 27.8. The Bertz CT molecular complexity index is 1230. The fourth-order valence-corrected chi connectivity index (χ4v) is 5.23. The first-order valence-electron chi connectivity index (χ1n) is 13.0. The number of nitrogens with zero attached hydrogens (tertiary/aromatic N) is 5. The number of likely N-dealkylation sites (N-methyl/N-ethyl adjacent to an activating group) is 1. The molecule has 0 radical (unpaired) electrons. The summed E-state index contributed by atoms with van der Waals surface area (Å²) in [7, 11) is 1.71. The normalized spacial score (nSPS) is 18.2. The zero-order valence-corrected chi connectivity index (χ0v) is 21.6. The molecule has 0 spiro atoms. The van der Waals surface area contributed by atoms with Crippen molar-refractivity contribution < 1.29 is 9.53 Å². The van der Waals surface area contributed by atoms with Gasteiger partial charge in [-0.3, -0.25) is 4.79 Å². The Hall–Kier alpha value is -3.85. The van der Waals surface area contributed by atoms with E-state index in [9.17, 15) is 4.79 Å². The van der Waals surface area contributed by atoms with Crippen LogP contribution >= 0.6 is 0 Å². The number of hydrogen-bond acceptors (Lipinski definition) is 8. The van der Waals surface area contributed by atoms with Gasteiger partial charge in [0.2, 0.25) is 11.9 Å². The first-order valence-corrected chi connectivity index (χ1v) is 13.0. The molecule has 37 heavy (non-hydrogen) atoms. The highest BCUT2D eigenvalue weighted by Crippen LogP contribution is 2.33. The smallest absolute Gasteiger partial charge is 0.240 e. The second-order valence-electron chi connectivity index (χ2n) is 9.50. The van der Waals surface area contributed by atoms with Crippen molar-refractivity contribution in [2.45, 2.75) is 25.8 Å². The minimum absolute atomic E-state index is 0.231. The summed E-state index contributed by atoms with van der Waals surface area (Å²) in [6.45, 7) is 8.23. The number of nitrogens with two attached hydrogens (primary N) is 1. The van der Waals surface area contributed by atoms with Crippen LogP contribution in [0.1, 0.15) is 19.8 Å². The Balaban J connectivity index is 1.29. The van der Waals surface area contributed by atoms with Gasteiger partial charge < -0.3 is 30.5 Å². The predicted octanol–water partition coefficient (Wildman–Crippen LogP) is 3.49. The first-order chi connectivity index (χ1) is 18.1. The lowest BCUT2D eigenvalue weighted by Gasteiger charge is -2.36. The number of rotatable bonds is 8. The maximum absolute atomic E-state index is 11.8. The zero-order chi connectivity index (χ0) is 25.8. The van der Waals surface area contributed by atoms with Gasteiger partial charge in [0, 0.05) is 61.9 Å². The van der Waals surface area contributed by atoms with Crippen molar-refractivity contribution in [2.24, 2.45) is 5.73 Å². The molecule has 1 amide bonds. The number of carbonyl (C=O) groups excluding carboxylic acids is 1. The van der Waals surface area contributed by atoms with E-state index in [4.69, 9.17) is 15.5 Å². The Labute approximate surface area is 218 Å². The summed E-state index contributed by atoms with van der Waals surface area (Å²) >= 11 is 0. The summed E-state index contributed by atoms with van der Waals surface area (Å²) in [6, 6.07) is 15.9. The third kappa shape index (κ3) is 5.46. The van der Waals surface area contributed by atoms with E-state index in [-0.39, 0.29) is 11.9 Å². The maximum atomic E-state index is 11.8. The highest BCUT2D eigenvalue weighted by molar-refractivity contribution is 5.84. The van der Waals surface area contributed by atoms with Crippen molar-refractivity contribution in [3.8, 4) is 17.0 Å². The SMILES string of the molecule is CCN1CCN(c2ccc(Nc3nccc(-c4ccc(N5CCC[C@@H]5C(N)=O)cc4)n3)cc2OC)CC1. The van der Waals surface area contributed by atoms with Gasteiger partial charge >= 0.3 is 0 Å². The molecule has 3 N–H and O–H groups in total. The fourth-order valence-electron chi connectivity index (χ4n) is 5.23. The Kier molecular flexibility index (Phi) is 7.41. The minimum Gasteiger partial charge on any atom is -0.495 e. The lowest BCUT2D eigenvalue weighted by Crippen LogP contribution is -2.46. The molecule has 0 aliphatic carbocycles. The number of hydrogen-bond donors (Lipinski definition) is 2. The van der Waals surface area contributed by atoms with Crippen LogP contribution < -0.4 is 25.6 Å². The molecule has 0 saturated carbocycles. The van der Waals surface area contributed by atoms with Crippen LogP contribution in [-0.4, -0.2) is 73.2 Å². The molecule has 2 saturated heterocycles. The van der Waals surface area contributed by atoms with Gasteiger partial charge in [0.25, 0.3) is 0 Å². The van der Waals surface area contributed by atoms with Crippen LogP contribution in [0.5, 0.6) is 5.75 Å². The van der Waals surface area contributed by atoms with Crippen molar-refractivity contribution in [3.05, 3.63) is 54.7 Å². The molecule has 3 aromatic rings. The molecule has 3 heterocycles. The van der Waals surface area contributed by atoms with E-state index in [1.165, 1.54) is 0 Å². The van der Waals surface area contributed by atoms with E-state index < -0.39 is 0 Å². The molecule has 1 atom stereocenters. The number of benzene rings is 2. The summed E-state index contributed by atoms with van der Waals surface area (Å²) in [5, 5.41) is 3.32. The molecule has 0 bridgehead atoms. The van der Waals surface area contributed by atoms with Gasteiger partial charge in [0.15, 0.2) is 0 Å². The minimum atomic E-state index is -0.267.